The first-order valence-electron chi connectivity index (χ1n) is 13.8. The van der Waals surface area contributed by atoms with Crippen LogP contribution in [-0.2, 0) is 9.74 Å². The predicted molar refractivity (Wildman–Crippen MR) is 157 cm³/mol. The molecule has 0 aliphatic heterocycles. The van der Waals surface area contributed by atoms with Crippen molar-refractivity contribution in [3.05, 3.63) is 96.3 Å². The molecule has 2 aromatic carbocycles. The standard InChI is InChI=1S/C33H37FN2O4/c1-5-10-23(6-2)26-15-18-29-28(21-26)22(3)32(39-29)31(24-11-8-7-9-12-24)35-27-16-13-25(14-17-27)33(38)36(4)20-19-30(37)40-34/h5-6,10,13-18,21,24,31,35H,1-2,7-9,11-12,19-20H2,3-4H3/b23-10+. The van der Waals surface area contributed by atoms with Crippen molar-refractivity contribution in [2.24, 2.45) is 5.92 Å². The van der Waals surface area contributed by atoms with E-state index in [1.165, 1.54) is 24.2 Å². The number of anilines is 1. The fourth-order valence-corrected chi connectivity index (χ4v) is 5.50. The van der Waals surface area contributed by atoms with E-state index in [1.54, 1.807) is 25.3 Å². The van der Waals surface area contributed by atoms with E-state index in [2.05, 4.69) is 36.4 Å². The topological polar surface area (TPSA) is 71.8 Å². The van der Waals surface area contributed by atoms with Gasteiger partial charge in [0.15, 0.2) is 0 Å². The predicted octanol–water partition coefficient (Wildman–Crippen LogP) is 8.12. The molecule has 0 spiro atoms. The maximum Gasteiger partial charge on any atom is 0.350 e. The van der Waals surface area contributed by atoms with Crippen molar-refractivity contribution in [2.45, 2.75) is 51.5 Å². The van der Waals surface area contributed by atoms with Crippen molar-refractivity contribution in [1.29, 1.82) is 0 Å². The lowest BCUT2D eigenvalue weighted by Crippen LogP contribution is -2.29. The van der Waals surface area contributed by atoms with Gasteiger partial charge in [0.25, 0.3) is 5.91 Å². The summed E-state index contributed by atoms with van der Waals surface area (Å²) in [6.07, 6.45) is 11.2. The summed E-state index contributed by atoms with van der Waals surface area (Å²) in [6, 6.07) is 13.5. The number of rotatable bonds is 11. The fourth-order valence-electron chi connectivity index (χ4n) is 5.50. The number of nitrogens with one attached hydrogen (secondary N) is 1. The molecule has 40 heavy (non-hydrogen) atoms. The minimum absolute atomic E-state index is 0.0188. The zero-order chi connectivity index (χ0) is 28.6. The van der Waals surface area contributed by atoms with Gasteiger partial charge in [-0.3, -0.25) is 9.74 Å². The molecule has 1 fully saturated rings. The molecule has 1 heterocycles. The van der Waals surface area contributed by atoms with Crippen molar-refractivity contribution in [3.8, 4) is 0 Å². The van der Waals surface area contributed by atoms with Gasteiger partial charge < -0.3 is 14.6 Å². The van der Waals surface area contributed by atoms with E-state index >= 15 is 0 Å². The van der Waals surface area contributed by atoms with Gasteiger partial charge >= 0.3 is 5.97 Å². The van der Waals surface area contributed by atoms with Crippen LogP contribution in [0.4, 0.5) is 10.2 Å². The first-order chi connectivity index (χ1) is 19.4. The molecule has 7 heteroatoms. The van der Waals surface area contributed by atoms with Gasteiger partial charge in [0.05, 0.1) is 12.5 Å². The number of amides is 1. The Morgan fingerprint density at radius 3 is 2.48 bits per heavy atom. The van der Waals surface area contributed by atoms with Crippen LogP contribution in [-0.4, -0.2) is 30.4 Å². The Morgan fingerprint density at radius 2 is 1.82 bits per heavy atom. The Morgan fingerprint density at radius 1 is 1.12 bits per heavy atom. The lowest BCUT2D eigenvalue weighted by atomic mass is 9.82. The lowest BCUT2D eigenvalue weighted by Gasteiger charge is -2.31. The van der Waals surface area contributed by atoms with Gasteiger partial charge in [0, 0.05) is 40.3 Å². The summed E-state index contributed by atoms with van der Waals surface area (Å²) < 4.78 is 18.5. The molecule has 1 N–H and O–H groups in total. The number of hydrogen-bond acceptors (Lipinski definition) is 5. The second kappa shape index (κ2) is 13.3. The van der Waals surface area contributed by atoms with E-state index in [0.717, 1.165) is 52.0 Å². The van der Waals surface area contributed by atoms with Crippen molar-refractivity contribution >= 4 is 34.1 Å². The van der Waals surface area contributed by atoms with Crippen molar-refractivity contribution in [3.63, 3.8) is 0 Å². The minimum atomic E-state index is -1.00. The maximum absolute atomic E-state index is 12.8. The maximum atomic E-state index is 12.8. The van der Waals surface area contributed by atoms with Gasteiger partial charge in [-0.05, 0) is 73.2 Å². The summed E-state index contributed by atoms with van der Waals surface area (Å²) in [6.45, 7) is 9.93. The smallest absolute Gasteiger partial charge is 0.350 e. The molecule has 1 atom stereocenters. The molecule has 4 rings (SSSR count). The van der Waals surface area contributed by atoms with Gasteiger partial charge in [-0.15, -0.1) is 0 Å². The molecular formula is C33H37FN2O4. The van der Waals surface area contributed by atoms with Crippen molar-refractivity contribution in [1.82, 2.24) is 4.90 Å². The fraction of sp³-hybridized carbons (Fsp3) is 0.333. The van der Waals surface area contributed by atoms with E-state index < -0.39 is 5.97 Å². The van der Waals surface area contributed by atoms with Crippen LogP contribution in [0.1, 0.15) is 71.8 Å². The molecule has 6 nitrogen and oxygen atoms in total. The summed E-state index contributed by atoms with van der Waals surface area (Å²) in [5.41, 5.74) is 5.40. The Bertz CT molecular complexity index is 1400. The SMILES string of the molecule is C=C/C=C(\C=C)c1ccc2oc(C(Nc3ccc(C(=O)N(C)CCC(=O)OF)cc3)C3CCCCC3)c(C)c2c1. The largest absolute Gasteiger partial charge is 0.459 e. The van der Waals surface area contributed by atoms with Gasteiger partial charge in [0.2, 0.25) is 0 Å². The zero-order valence-corrected chi connectivity index (χ0v) is 23.3. The highest BCUT2D eigenvalue weighted by Crippen LogP contribution is 2.41. The Hall–Kier alpha value is -4.13. The van der Waals surface area contributed by atoms with E-state index in [0.29, 0.717) is 11.5 Å². The number of nitrogens with zero attached hydrogens (tertiary/aromatic N) is 1. The van der Waals surface area contributed by atoms with E-state index in [1.807, 2.05) is 36.4 Å². The first-order valence-corrected chi connectivity index (χ1v) is 13.8. The molecule has 1 aliphatic carbocycles. The highest BCUT2D eigenvalue weighted by molar-refractivity contribution is 5.94. The molecule has 1 amide bonds. The molecule has 0 saturated heterocycles. The number of halogens is 1. The molecule has 210 valence electrons. The number of hydrogen-bond donors (Lipinski definition) is 1. The summed E-state index contributed by atoms with van der Waals surface area (Å²) in [5, 5.41) is 4.79. The molecule has 3 aromatic rings. The minimum Gasteiger partial charge on any atom is -0.459 e. The Balaban J connectivity index is 1.60. The van der Waals surface area contributed by atoms with E-state index in [4.69, 9.17) is 4.42 Å². The van der Waals surface area contributed by atoms with Gasteiger partial charge in [-0.25, -0.2) is 4.79 Å². The summed E-state index contributed by atoms with van der Waals surface area (Å²) in [5.74, 6) is 0.0981. The molecule has 0 bridgehead atoms. The third-order valence-corrected chi connectivity index (χ3v) is 7.77. The van der Waals surface area contributed by atoms with Crippen LogP contribution >= 0.6 is 0 Å². The normalized spacial score (nSPS) is 14.9. The van der Waals surface area contributed by atoms with E-state index in [9.17, 15) is 14.1 Å². The molecule has 1 aliphatic rings. The van der Waals surface area contributed by atoms with Gasteiger partial charge in [-0.2, -0.15) is 0 Å². The van der Waals surface area contributed by atoms with E-state index in [-0.39, 0.29) is 24.9 Å². The van der Waals surface area contributed by atoms with Gasteiger partial charge in [0.1, 0.15) is 11.3 Å². The number of benzene rings is 2. The summed E-state index contributed by atoms with van der Waals surface area (Å²) >= 11 is 0. The highest BCUT2D eigenvalue weighted by Gasteiger charge is 2.30. The monoisotopic (exact) mass is 544 g/mol. The van der Waals surface area contributed by atoms with Gasteiger partial charge in [-0.1, -0.05) is 56.7 Å². The molecule has 1 saturated carbocycles. The van der Waals surface area contributed by atoms with Crippen LogP contribution in [0.15, 0.2) is 78.3 Å². The number of aryl methyl sites for hydroxylation is 1. The average molecular weight is 545 g/mol. The van der Waals surface area contributed by atoms with Crippen molar-refractivity contribution < 1.29 is 23.5 Å². The molecule has 1 aromatic heterocycles. The average Bonchev–Trinajstić information content (AvgIpc) is 3.32. The third kappa shape index (κ3) is 6.53. The summed E-state index contributed by atoms with van der Waals surface area (Å²) in [4.78, 5) is 28.4. The van der Waals surface area contributed by atoms with Crippen LogP contribution in [0.3, 0.4) is 0 Å². The van der Waals surface area contributed by atoms with Crippen LogP contribution in [0.5, 0.6) is 0 Å². The van der Waals surface area contributed by atoms with Crippen LogP contribution in [0, 0.1) is 12.8 Å². The molecule has 0 radical (unpaired) electrons. The quantitative estimate of drug-likeness (QED) is 0.247. The van der Waals surface area contributed by atoms with Crippen LogP contribution in [0.25, 0.3) is 16.5 Å². The second-order valence-electron chi connectivity index (χ2n) is 10.4. The third-order valence-electron chi connectivity index (χ3n) is 7.77. The molecular weight excluding hydrogens is 507 g/mol. The molecule has 1 unspecified atom stereocenters. The van der Waals surface area contributed by atoms with Crippen molar-refractivity contribution in [2.75, 3.05) is 18.9 Å². The Kier molecular flexibility index (Phi) is 9.59. The van der Waals surface area contributed by atoms with Crippen LogP contribution in [0.2, 0.25) is 0 Å². The first kappa shape index (κ1) is 28.9. The number of carbonyl (C=O) groups is 2. The number of allylic oxidation sites excluding steroid dienone is 4. The number of fused-ring (bicyclic) bond motifs is 1. The second-order valence-corrected chi connectivity index (χ2v) is 10.4. The zero-order valence-electron chi connectivity index (χ0n) is 23.3. The number of carbonyl (C=O) groups excluding carboxylic acids is 2. The highest BCUT2D eigenvalue weighted by atomic mass is 19.3. The number of furan rings is 1. The Labute approximate surface area is 235 Å². The lowest BCUT2D eigenvalue weighted by molar-refractivity contribution is -0.183. The van der Waals surface area contributed by atoms with Crippen LogP contribution < -0.4 is 5.32 Å². The summed E-state index contributed by atoms with van der Waals surface area (Å²) in [7, 11) is 1.57.